The summed E-state index contributed by atoms with van der Waals surface area (Å²) in [6.45, 7) is 2.82. The number of aliphatic carboxylic acids is 1. The Kier molecular flexibility index (Phi) is 9.05. The molecule has 3 aromatic rings. The number of carbonyl (C=O) groups is 2. The molecule has 2 aromatic heterocycles. The summed E-state index contributed by atoms with van der Waals surface area (Å²) in [6.07, 6.45) is 9.29. The van der Waals surface area contributed by atoms with Crippen LogP contribution in [0.15, 0.2) is 55.2 Å². The van der Waals surface area contributed by atoms with Crippen LogP contribution >= 0.6 is 0 Å². The van der Waals surface area contributed by atoms with Crippen molar-refractivity contribution in [2.75, 3.05) is 31.3 Å². The number of hydrogen-bond donors (Lipinski definition) is 2. The van der Waals surface area contributed by atoms with E-state index in [2.05, 4.69) is 21.9 Å². The topological polar surface area (TPSA) is 138 Å². The van der Waals surface area contributed by atoms with Crippen LogP contribution in [0.25, 0.3) is 0 Å². The lowest BCUT2D eigenvalue weighted by Crippen LogP contribution is -2.44. The SMILES string of the molecule is CCCCN(C(=O)CN1C[C@H](c2cc(CO)c3c(c2)OCO3)[C@@H](C(=O)O)[C@@H]1CCc1ccncn1)c1cccnc1. The molecule has 0 spiro atoms. The summed E-state index contributed by atoms with van der Waals surface area (Å²) in [6, 6.07) is 8.65. The summed E-state index contributed by atoms with van der Waals surface area (Å²) in [4.78, 5) is 42.9. The smallest absolute Gasteiger partial charge is 0.308 e. The third-order valence-electron chi connectivity index (χ3n) is 7.88. The Labute approximate surface area is 238 Å². The number of carbonyl (C=O) groups excluding carboxylic acids is 1. The largest absolute Gasteiger partial charge is 0.481 e. The zero-order valence-corrected chi connectivity index (χ0v) is 23.1. The van der Waals surface area contributed by atoms with Gasteiger partial charge in [0.1, 0.15) is 6.33 Å². The quantitative estimate of drug-likeness (QED) is 0.339. The molecule has 1 amide bonds. The van der Waals surface area contributed by atoms with Gasteiger partial charge in [-0.2, -0.15) is 0 Å². The van der Waals surface area contributed by atoms with E-state index in [-0.39, 0.29) is 25.9 Å². The summed E-state index contributed by atoms with van der Waals surface area (Å²) in [7, 11) is 0. The highest BCUT2D eigenvalue weighted by molar-refractivity contribution is 5.94. The summed E-state index contributed by atoms with van der Waals surface area (Å²) >= 11 is 0. The van der Waals surface area contributed by atoms with Crippen LogP contribution in [0.3, 0.4) is 0 Å². The number of nitrogens with zero attached hydrogens (tertiary/aromatic N) is 5. The highest BCUT2D eigenvalue weighted by Gasteiger charge is 2.47. The predicted octanol–water partition coefficient (Wildman–Crippen LogP) is 3.03. The second-order valence-electron chi connectivity index (χ2n) is 10.4. The fraction of sp³-hybridized carbons (Fsp3) is 0.433. The molecule has 0 radical (unpaired) electrons. The zero-order valence-electron chi connectivity index (χ0n) is 23.1. The van der Waals surface area contributed by atoms with Crippen molar-refractivity contribution in [1.82, 2.24) is 19.9 Å². The first-order chi connectivity index (χ1) is 20.0. The number of carboxylic acids is 1. The van der Waals surface area contributed by atoms with Gasteiger partial charge in [-0.1, -0.05) is 13.3 Å². The predicted molar refractivity (Wildman–Crippen MR) is 150 cm³/mol. The lowest BCUT2D eigenvalue weighted by atomic mass is 9.83. The number of carboxylic acid groups (broad SMARTS) is 1. The minimum atomic E-state index is -0.934. The highest BCUT2D eigenvalue weighted by Crippen LogP contribution is 2.44. The van der Waals surface area contributed by atoms with Gasteiger partial charge in [-0.25, -0.2) is 9.97 Å². The molecule has 0 unspecified atom stereocenters. The highest BCUT2D eigenvalue weighted by atomic mass is 16.7. The van der Waals surface area contributed by atoms with Crippen LogP contribution < -0.4 is 14.4 Å². The van der Waals surface area contributed by atoms with Crippen molar-refractivity contribution in [2.45, 2.75) is 51.2 Å². The van der Waals surface area contributed by atoms with Gasteiger partial charge < -0.3 is 24.6 Å². The molecular formula is C30H35N5O6. The molecule has 4 heterocycles. The van der Waals surface area contributed by atoms with E-state index in [0.29, 0.717) is 43.0 Å². The fourth-order valence-corrected chi connectivity index (χ4v) is 5.88. The Morgan fingerprint density at radius 2 is 2.05 bits per heavy atom. The maximum absolute atomic E-state index is 13.8. The molecule has 1 saturated heterocycles. The summed E-state index contributed by atoms with van der Waals surface area (Å²) in [5, 5.41) is 20.5. The monoisotopic (exact) mass is 561 g/mol. The molecule has 2 aliphatic rings. The molecule has 2 aliphatic heterocycles. The fourth-order valence-electron chi connectivity index (χ4n) is 5.88. The summed E-state index contributed by atoms with van der Waals surface area (Å²) < 4.78 is 11.1. The molecule has 0 saturated carbocycles. The molecule has 5 rings (SSSR count). The number of ether oxygens (including phenoxy) is 2. The summed E-state index contributed by atoms with van der Waals surface area (Å²) in [5.74, 6) is -1.29. The van der Waals surface area contributed by atoms with Crippen LogP contribution in [0.1, 0.15) is 48.9 Å². The first kappa shape index (κ1) is 28.4. The third-order valence-corrected chi connectivity index (χ3v) is 7.88. The second-order valence-corrected chi connectivity index (χ2v) is 10.4. The van der Waals surface area contributed by atoms with Crippen LogP contribution in [0.4, 0.5) is 5.69 Å². The maximum Gasteiger partial charge on any atom is 0.308 e. The van der Waals surface area contributed by atoms with Gasteiger partial charge in [-0.05, 0) is 55.2 Å². The molecule has 0 aliphatic carbocycles. The molecule has 41 heavy (non-hydrogen) atoms. The Bertz CT molecular complexity index is 1340. The average Bonchev–Trinajstić information content (AvgIpc) is 3.61. The number of aromatic nitrogens is 3. The van der Waals surface area contributed by atoms with Gasteiger partial charge in [0.05, 0.1) is 31.0 Å². The lowest BCUT2D eigenvalue weighted by molar-refractivity contribution is -0.143. The maximum atomic E-state index is 13.8. The molecule has 0 bridgehead atoms. The van der Waals surface area contributed by atoms with Crippen LogP contribution in [0.5, 0.6) is 11.5 Å². The number of unbranched alkanes of at least 4 members (excludes halogenated alkanes) is 1. The number of aliphatic hydroxyl groups excluding tert-OH is 1. The molecule has 11 nitrogen and oxygen atoms in total. The molecule has 3 atom stereocenters. The van der Waals surface area contributed by atoms with E-state index in [1.165, 1.54) is 6.33 Å². The number of rotatable bonds is 12. The Morgan fingerprint density at radius 1 is 1.17 bits per heavy atom. The van der Waals surface area contributed by atoms with Crippen LogP contribution in [-0.4, -0.2) is 74.4 Å². The van der Waals surface area contributed by atoms with E-state index in [9.17, 15) is 19.8 Å². The number of likely N-dealkylation sites (tertiary alicyclic amines) is 1. The van der Waals surface area contributed by atoms with Crippen molar-refractivity contribution in [1.29, 1.82) is 0 Å². The average molecular weight is 562 g/mol. The van der Waals surface area contributed by atoms with Crippen LogP contribution in [0.2, 0.25) is 0 Å². The van der Waals surface area contributed by atoms with E-state index in [4.69, 9.17) is 9.47 Å². The number of aliphatic hydroxyl groups is 1. The molecule has 11 heteroatoms. The van der Waals surface area contributed by atoms with Gasteiger partial charge >= 0.3 is 5.97 Å². The number of amides is 1. The van der Waals surface area contributed by atoms with Gasteiger partial charge in [0, 0.05) is 48.7 Å². The lowest BCUT2D eigenvalue weighted by Gasteiger charge is -2.29. The number of hydrogen-bond acceptors (Lipinski definition) is 9. The number of aryl methyl sites for hydroxylation is 1. The Hall–Kier alpha value is -4.09. The van der Waals surface area contributed by atoms with Crippen molar-refractivity contribution in [3.63, 3.8) is 0 Å². The van der Waals surface area contributed by atoms with Crippen LogP contribution in [-0.2, 0) is 22.6 Å². The standard InChI is InChI=1S/C30H35N5O6/c1-2-3-11-35(23-5-4-9-31-14-23)27(37)16-34-15-24(20-12-21(17-36)29-26(13-20)40-19-41-29)28(30(38)39)25(34)7-6-22-8-10-32-18-33-22/h4-5,8-10,12-14,18,24-25,28,36H,2-3,6-7,11,15-17,19H2,1H3,(H,38,39)/t24-,25+,28-/m1/s1. The minimum absolute atomic E-state index is 0.0446. The van der Waals surface area contributed by atoms with Crippen LogP contribution in [0, 0.1) is 5.92 Å². The van der Waals surface area contributed by atoms with Crippen molar-refractivity contribution in [3.05, 3.63) is 72.1 Å². The van der Waals surface area contributed by atoms with Gasteiger partial charge in [-0.15, -0.1) is 0 Å². The Morgan fingerprint density at radius 3 is 2.76 bits per heavy atom. The van der Waals surface area contributed by atoms with Gasteiger partial charge in [0.15, 0.2) is 11.5 Å². The van der Waals surface area contributed by atoms with E-state index in [0.717, 1.165) is 29.8 Å². The molecular weight excluding hydrogens is 526 g/mol. The first-order valence-electron chi connectivity index (χ1n) is 14.0. The van der Waals surface area contributed by atoms with Crippen molar-refractivity contribution < 1.29 is 29.3 Å². The van der Waals surface area contributed by atoms with E-state index in [1.807, 2.05) is 17.0 Å². The van der Waals surface area contributed by atoms with Crippen molar-refractivity contribution in [3.8, 4) is 11.5 Å². The minimum Gasteiger partial charge on any atom is -0.481 e. The normalized spacial score (nSPS) is 19.8. The molecule has 216 valence electrons. The Balaban J connectivity index is 1.47. The second kappa shape index (κ2) is 13.0. The van der Waals surface area contributed by atoms with Crippen molar-refractivity contribution >= 4 is 17.6 Å². The first-order valence-corrected chi connectivity index (χ1v) is 14.0. The molecule has 2 N–H and O–H groups in total. The number of anilines is 1. The van der Waals surface area contributed by atoms with Gasteiger partial charge in [0.25, 0.3) is 0 Å². The number of pyridine rings is 1. The van der Waals surface area contributed by atoms with E-state index < -0.39 is 23.8 Å². The molecule has 1 aromatic carbocycles. The third kappa shape index (κ3) is 6.31. The van der Waals surface area contributed by atoms with Gasteiger partial charge in [-0.3, -0.25) is 19.5 Å². The number of benzene rings is 1. The van der Waals surface area contributed by atoms with Crippen molar-refractivity contribution in [2.24, 2.45) is 5.92 Å². The summed E-state index contributed by atoms with van der Waals surface area (Å²) in [5.41, 5.74) is 2.82. The number of fused-ring (bicyclic) bond motifs is 1. The van der Waals surface area contributed by atoms with Gasteiger partial charge in [0.2, 0.25) is 12.7 Å². The molecule has 1 fully saturated rings. The van der Waals surface area contributed by atoms with E-state index in [1.54, 1.807) is 41.7 Å². The van der Waals surface area contributed by atoms with E-state index >= 15 is 0 Å². The zero-order chi connectivity index (χ0) is 28.8.